The first kappa shape index (κ1) is 23.7. The van der Waals surface area contributed by atoms with Gasteiger partial charge in [-0.1, -0.05) is 42.5 Å². The number of allylic oxidation sites excluding steroid dienone is 1. The van der Waals surface area contributed by atoms with Gasteiger partial charge in [-0.25, -0.2) is 4.98 Å². The monoisotopic (exact) mass is 490 g/mol. The van der Waals surface area contributed by atoms with Crippen molar-refractivity contribution in [1.82, 2.24) is 14.9 Å². The Morgan fingerprint density at radius 3 is 2.65 bits per heavy atom. The zero-order valence-corrected chi connectivity index (χ0v) is 20.7. The molecule has 34 heavy (non-hydrogen) atoms. The molecule has 174 valence electrons. The molecule has 6 nitrogen and oxygen atoms in total. The van der Waals surface area contributed by atoms with Gasteiger partial charge in [-0.2, -0.15) is 0 Å². The second-order valence-electron chi connectivity index (χ2n) is 7.90. The molecule has 2 N–H and O–H groups in total. The molecule has 8 heteroatoms. The molecule has 0 spiro atoms. The van der Waals surface area contributed by atoms with Crippen LogP contribution in [0.2, 0.25) is 0 Å². The van der Waals surface area contributed by atoms with E-state index in [2.05, 4.69) is 46.7 Å². The lowest BCUT2D eigenvalue weighted by Crippen LogP contribution is -2.45. The maximum atomic E-state index is 13.2. The smallest absolute Gasteiger partial charge is 0.262 e. The van der Waals surface area contributed by atoms with Crippen molar-refractivity contribution in [1.29, 1.82) is 0 Å². The van der Waals surface area contributed by atoms with Crippen molar-refractivity contribution in [2.75, 3.05) is 5.32 Å². The molecule has 0 bridgehead atoms. The molecule has 3 heterocycles. The van der Waals surface area contributed by atoms with Gasteiger partial charge in [0.25, 0.3) is 5.91 Å². The predicted octanol–water partition coefficient (Wildman–Crippen LogP) is 5.46. The fourth-order valence-electron chi connectivity index (χ4n) is 3.81. The van der Waals surface area contributed by atoms with Crippen LogP contribution in [0.3, 0.4) is 0 Å². The Bertz CT molecular complexity index is 1290. The number of nitrogens with zero attached hydrogens (tertiary/aromatic N) is 2. The Kier molecular flexibility index (Phi) is 7.40. The number of benzene rings is 1. The minimum atomic E-state index is -0.734. The number of amides is 2. The van der Waals surface area contributed by atoms with E-state index in [1.165, 1.54) is 22.7 Å². The molecule has 0 radical (unpaired) electrons. The van der Waals surface area contributed by atoms with E-state index in [0.29, 0.717) is 16.4 Å². The largest absolute Gasteiger partial charge is 0.345 e. The van der Waals surface area contributed by atoms with Crippen molar-refractivity contribution in [3.8, 4) is 11.3 Å². The van der Waals surface area contributed by atoms with Gasteiger partial charge in [-0.15, -0.1) is 29.3 Å². The zero-order chi connectivity index (χ0) is 24.1. The van der Waals surface area contributed by atoms with Crippen molar-refractivity contribution in [2.24, 2.45) is 0 Å². The normalized spacial score (nSPS) is 11.7. The van der Waals surface area contributed by atoms with E-state index in [-0.39, 0.29) is 11.8 Å². The van der Waals surface area contributed by atoms with Crippen LogP contribution in [-0.2, 0) is 17.8 Å². The van der Waals surface area contributed by atoms with E-state index in [4.69, 9.17) is 0 Å². The molecular weight excluding hydrogens is 464 g/mol. The highest BCUT2D eigenvalue weighted by Gasteiger charge is 2.24. The number of carbonyl (C=O) groups excluding carboxylic acids is 2. The van der Waals surface area contributed by atoms with Crippen molar-refractivity contribution in [2.45, 2.75) is 32.9 Å². The minimum absolute atomic E-state index is 0.263. The van der Waals surface area contributed by atoms with Crippen LogP contribution in [0.5, 0.6) is 0 Å². The Balaban J connectivity index is 1.52. The number of thiazole rings is 1. The summed E-state index contributed by atoms with van der Waals surface area (Å²) in [6.07, 6.45) is 2.25. The summed E-state index contributed by atoms with van der Waals surface area (Å²) in [6, 6.07) is 14.6. The van der Waals surface area contributed by atoms with Crippen molar-refractivity contribution < 1.29 is 9.59 Å². The third-order valence-electron chi connectivity index (χ3n) is 5.55. The zero-order valence-electron chi connectivity index (χ0n) is 19.1. The van der Waals surface area contributed by atoms with Gasteiger partial charge < -0.3 is 15.2 Å². The van der Waals surface area contributed by atoms with Gasteiger partial charge in [0.05, 0.1) is 10.6 Å². The number of hydrogen-bond acceptors (Lipinski definition) is 5. The van der Waals surface area contributed by atoms with Crippen LogP contribution in [0.15, 0.2) is 71.9 Å². The molecule has 0 unspecified atom stereocenters. The van der Waals surface area contributed by atoms with Crippen molar-refractivity contribution in [3.63, 3.8) is 0 Å². The maximum Gasteiger partial charge on any atom is 0.262 e. The molecule has 1 aromatic carbocycles. The fraction of sp³-hybridized carbons (Fsp3) is 0.192. The van der Waals surface area contributed by atoms with Crippen LogP contribution >= 0.6 is 22.7 Å². The van der Waals surface area contributed by atoms with Crippen molar-refractivity contribution in [3.05, 3.63) is 93.8 Å². The lowest BCUT2D eigenvalue weighted by Gasteiger charge is -2.17. The highest BCUT2D eigenvalue weighted by atomic mass is 32.1. The van der Waals surface area contributed by atoms with E-state index < -0.39 is 6.04 Å². The molecule has 4 rings (SSSR count). The van der Waals surface area contributed by atoms with Crippen LogP contribution in [0.25, 0.3) is 11.3 Å². The lowest BCUT2D eigenvalue weighted by atomic mass is 10.1. The van der Waals surface area contributed by atoms with Crippen LogP contribution in [0.1, 0.15) is 26.6 Å². The quantitative estimate of drug-likeness (QED) is 0.306. The molecule has 4 aromatic rings. The molecular formula is C26H26N4O2S2. The molecule has 0 saturated heterocycles. The summed E-state index contributed by atoms with van der Waals surface area (Å²) in [5.74, 6) is -0.563. The first-order valence-electron chi connectivity index (χ1n) is 10.9. The van der Waals surface area contributed by atoms with Gasteiger partial charge in [0.1, 0.15) is 6.04 Å². The first-order valence-corrected chi connectivity index (χ1v) is 12.6. The van der Waals surface area contributed by atoms with Gasteiger partial charge in [0.2, 0.25) is 5.91 Å². The van der Waals surface area contributed by atoms with E-state index in [1.807, 2.05) is 53.2 Å². The lowest BCUT2D eigenvalue weighted by molar-refractivity contribution is -0.118. The minimum Gasteiger partial charge on any atom is -0.345 e. The molecule has 3 aromatic heterocycles. The Morgan fingerprint density at radius 1 is 1.15 bits per heavy atom. The first-order chi connectivity index (χ1) is 16.5. The summed E-state index contributed by atoms with van der Waals surface area (Å²) in [5, 5.41) is 10.1. The summed E-state index contributed by atoms with van der Waals surface area (Å²) in [7, 11) is 0. The van der Waals surface area contributed by atoms with Gasteiger partial charge in [0.15, 0.2) is 5.13 Å². The van der Waals surface area contributed by atoms with Crippen LogP contribution in [0.4, 0.5) is 5.13 Å². The summed E-state index contributed by atoms with van der Waals surface area (Å²) in [6.45, 7) is 8.67. The van der Waals surface area contributed by atoms with Gasteiger partial charge in [0, 0.05) is 35.3 Å². The fourth-order valence-corrected chi connectivity index (χ4v) is 5.15. The highest BCUT2D eigenvalue weighted by Crippen LogP contribution is 2.30. The predicted molar refractivity (Wildman–Crippen MR) is 140 cm³/mol. The standard InChI is InChI=1S/C26H26N4O2S2/c1-4-12-30-17(2)14-20(18(30)3)22-16-34-26(28-22)29-24(31)21(15-19-9-6-5-7-10-19)27-25(32)23-11-8-13-33-23/h4-11,13-14,16,21H,1,12,15H2,2-3H3,(H,27,32)(H,28,29,31)/t21-/m0/s1. The summed E-state index contributed by atoms with van der Waals surface area (Å²) >= 11 is 2.71. The van der Waals surface area contributed by atoms with Crippen LogP contribution < -0.4 is 10.6 Å². The Labute approximate surface area is 207 Å². The average Bonchev–Trinajstić information content (AvgIpc) is 3.58. The summed E-state index contributed by atoms with van der Waals surface area (Å²) in [4.78, 5) is 31.1. The summed E-state index contributed by atoms with van der Waals surface area (Å²) < 4.78 is 2.18. The number of hydrogen-bond donors (Lipinski definition) is 2. The van der Waals surface area contributed by atoms with E-state index in [9.17, 15) is 9.59 Å². The molecule has 2 amide bonds. The molecule has 0 saturated carbocycles. The number of anilines is 1. The number of carbonyl (C=O) groups is 2. The topological polar surface area (TPSA) is 76.0 Å². The Morgan fingerprint density at radius 2 is 1.94 bits per heavy atom. The second kappa shape index (κ2) is 10.6. The second-order valence-corrected chi connectivity index (χ2v) is 9.71. The number of rotatable bonds is 9. The number of thiophene rings is 1. The average molecular weight is 491 g/mol. The molecule has 0 aliphatic carbocycles. The van der Waals surface area contributed by atoms with Crippen molar-refractivity contribution >= 4 is 39.6 Å². The molecule has 0 aliphatic rings. The molecule has 1 atom stereocenters. The Hall–Kier alpha value is -3.49. The summed E-state index contributed by atoms with van der Waals surface area (Å²) in [5.41, 5.74) is 5.04. The van der Waals surface area contributed by atoms with E-state index in [0.717, 1.165) is 34.8 Å². The highest BCUT2D eigenvalue weighted by molar-refractivity contribution is 7.14. The maximum absolute atomic E-state index is 13.2. The number of aromatic nitrogens is 2. The third-order valence-corrected chi connectivity index (χ3v) is 7.17. The number of aryl methyl sites for hydroxylation is 1. The third kappa shape index (κ3) is 5.35. The SMILES string of the molecule is C=CCn1c(C)cc(-c2csc(NC(=O)[C@H](Cc3ccccc3)NC(=O)c3cccs3)n2)c1C. The van der Waals surface area contributed by atoms with Crippen LogP contribution in [-0.4, -0.2) is 27.4 Å². The van der Waals surface area contributed by atoms with Gasteiger partial charge in [-0.05, 0) is 36.9 Å². The van der Waals surface area contributed by atoms with Crippen LogP contribution in [0, 0.1) is 13.8 Å². The van der Waals surface area contributed by atoms with Gasteiger partial charge >= 0.3 is 0 Å². The molecule has 0 fully saturated rings. The molecule has 0 aliphatic heterocycles. The van der Waals surface area contributed by atoms with Gasteiger partial charge in [-0.3, -0.25) is 9.59 Å². The number of nitrogens with one attached hydrogen (secondary N) is 2. The van der Waals surface area contributed by atoms with E-state index >= 15 is 0 Å². The van der Waals surface area contributed by atoms with E-state index in [1.54, 1.807) is 6.07 Å².